The fourth-order valence-corrected chi connectivity index (χ4v) is 9.58. The number of aromatic nitrogens is 1. The minimum absolute atomic E-state index is 0.0930. The summed E-state index contributed by atoms with van der Waals surface area (Å²) in [5.41, 5.74) is 6.20. The molecular formula is C40H50ClN3O4. The van der Waals surface area contributed by atoms with E-state index in [2.05, 4.69) is 47.2 Å². The van der Waals surface area contributed by atoms with Gasteiger partial charge >= 0.3 is 5.97 Å². The third-order valence-electron chi connectivity index (χ3n) is 12.2. The van der Waals surface area contributed by atoms with Gasteiger partial charge in [-0.2, -0.15) is 0 Å². The monoisotopic (exact) mass is 671 g/mol. The maximum Gasteiger partial charge on any atom is 0.329 e. The number of carboxylic acids is 1. The SMILES string of the molecule is C[C@@H](COc1ccnc2c1[C@H](C)CCC2)C[C@H]1Cc2ccc(CN3CC[C@H]3CO)cc2C12CCC(Nc1cccc(Cl)c1)(C(=O)O)CC2. The number of hydrogen-bond donors (Lipinski definition) is 3. The van der Waals surface area contributed by atoms with Crippen molar-refractivity contribution in [1.82, 2.24) is 9.88 Å². The van der Waals surface area contributed by atoms with E-state index in [-0.39, 0.29) is 18.1 Å². The van der Waals surface area contributed by atoms with Crippen molar-refractivity contribution in [2.24, 2.45) is 11.8 Å². The molecule has 3 aliphatic carbocycles. The Morgan fingerprint density at radius 1 is 1.15 bits per heavy atom. The van der Waals surface area contributed by atoms with Gasteiger partial charge in [0, 0.05) is 47.3 Å². The summed E-state index contributed by atoms with van der Waals surface area (Å²) in [7, 11) is 0. The zero-order valence-electron chi connectivity index (χ0n) is 28.4. The summed E-state index contributed by atoms with van der Waals surface area (Å²) in [4.78, 5) is 20.0. The molecule has 7 nitrogen and oxygen atoms in total. The van der Waals surface area contributed by atoms with E-state index < -0.39 is 11.5 Å². The van der Waals surface area contributed by atoms with Gasteiger partial charge in [-0.15, -0.1) is 0 Å². The molecule has 1 aromatic heterocycles. The van der Waals surface area contributed by atoms with Crippen LogP contribution in [0.15, 0.2) is 54.7 Å². The topological polar surface area (TPSA) is 94.9 Å². The van der Waals surface area contributed by atoms with Gasteiger partial charge in [0.15, 0.2) is 0 Å². The first-order chi connectivity index (χ1) is 23.2. The second-order valence-electron chi connectivity index (χ2n) is 15.3. The van der Waals surface area contributed by atoms with E-state index in [4.69, 9.17) is 16.3 Å². The van der Waals surface area contributed by atoms with Crippen molar-refractivity contribution in [1.29, 1.82) is 0 Å². The molecule has 4 aliphatic rings. The molecule has 0 amide bonds. The number of fused-ring (bicyclic) bond motifs is 3. The lowest BCUT2D eigenvalue weighted by molar-refractivity contribution is -0.144. The van der Waals surface area contributed by atoms with Crippen molar-refractivity contribution in [3.63, 3.8) is 0 Å². The molecule has 256 valence electrons. The molecule has 1 saturated heterocycles. The first-order valence-corrected chi connectivity index (χ1v) is 18.4. The van der Waals surface area contributed by atoms with Gasteiger partial charge in [-0.1, -0.05) is 49.7 Å². The molecule has 4 atom stereocenters. The van der Waals surface area contributed by atoms with Crippen LogP contribution in [0, 0.1) is 11.8 Å². The van der Waals surface area contributed by atoms with E-state index in [0.717, 1.165) is 63.1 Å². The number of likely N-dealkylation sites (tertiary alicyclic amines) is 1. The number of aliphatic hydroxyl groups excluding tert-OH is 1. The summed E-state index contributed by atoms with van der Waals surface area (Å²) < 4.78 is 6.58. The molecule has 2 aromatic carbocycles. The van der Waals surface area contributed by atoms with Crippen LogP contribution in [0.1, 0.15) is 99.1 Å². The average molecular weight is 672 g/mol. The summed E-state index contributed by atoms with van der Waals surface area (Å²) in [6.07, 6.45) is 11.1. The molecule has 1 aliphatic heterocycles. The first-order valence-electron chi connectivity index (χ1n) is 18.0. The van der Waals surface area contributed by atoms with E-state index in [9.17, 15) is 15.0 Å². The van der Waals surface area contributed by atoms with Crippen LogP contribution in [0.5, 0.6) is 5.75 Å². The van der Waals surface area contributed by atoms with Crippen LogP contribution >= 0.6 is 11.6 Å². The van der Waals surface area contributed by atoms with E-state index >= 15 is 0 Å². The van der Waals surface area contributed by atoms with Crippen LogP contribution in [0.3, 0.4) is 0 Å². The largest absolute Gasteiger partial charge is 0.493 e. The van der Waals surface area contributed by atoms with Gasteiger partial charge < -0.3 is 20.3 Å². The van der Waals surface area contributed by atoms with E-state index in [0.29, 0.717) is 42.2 Å². The molecule has 0 radical (unpaired) electrons. The fraction of sp³-hybridized carbons (Fsp3) is 0.550. The van der Waals surface area contributed by atoms with Crippen molar-refractivity contribution >= 4 is 23.3 Å². The number of hydrogen-bond acceptors (Lipinski definition) is 6. The van der Waals surface area contributed by atoms with Gasteiger partial charge in [0.25, 0.3) is 0 Å². The number of ether oxygens (including phenoxy) is 1. The number of aliphatic carboxylic acids is 1. The normalized spacial score (nSPS) is 28.7. The van der Waals surface area contributed by atoms with E-state index in [1.54, 1.807) is 0 Å². The summed E-state index contributed by atoms with van der Waals surface area (Å²) in [6.45, 7) is 7.32. The Kier molecular flexibility index (Phi) is 9.49. The average Bonchev–Trinajstić information content (AvgIpc) is 3.34. The summed E-state index contributed by atoms with van der Waals surface area (Å²) in [5.74, 6) is 1.40. The Bertz CT molecular complexity index is 1630. The lowest BCUT2D eigenvalue weighted by Crippen LogP contribution is -2.53. The number of pyridine rings is 1. The number of aliphatic hydroxyl groups is 1. The number of anilines is 1. The zero-order valence-corrected chi connectivity index (χ0v) is 29.1. The van der Waals surface area contributed by atoms with Crippen LogP contribution in [0.25, 0.3) is 0 Å². The van der Waals surface area contributed by atoms with Crippen LogP contribution < -0.4 is 10.1 Å². The highest BCUT2D eigenvalue weighted by Crippen LogP contribution is 2.56. The Hall–Kier alpha value is -3.13. The predicted octanol–water partition coefficient (Wildman–Crippen LogP) is 7.77. The van der Waals surface area contributed by atoms with Crippen molar-refractivity contribution in [3.8, 4) is 5.75 Å². The third-order valence-corrected chi connectivity index (χ3v) is 12.5. The number of carbonyl (C=O) groups is 1. The van der Waals surface area contributed by atoms with Crippen LogP contribution in [-0.4, -0.2) is 57.4 Å². The van der Waals surface area contributed by atoms with Gasteiger partial charge in [-0.3, -0.25) is 9.88 Å². The number of aryl methyl sites for hydroxylation is 1. The smallest absolute Gasteiger partial charge is 0.329 e. The predicted molar refractivity (Wildman–Crippen MR) is 190 cm³/mol. The molecule has 2 fully saturated rings. The third kappa shape index (κ3) is 6.34. The van der Waals surface area contributed by atoms with Gasteiger partial charge in [0.05, 0.1) is 13.2 Å². The minimum atomic E-state index is -1.04. The molecule has 0 unspecified atom stereocenters. The van der Waals surface area contributed by atoms with Gasteiger partial charge in [0.2, 0.25) is 0 Å². The second kappa shape index (κ2) is 13.6. The standard InChI is InChI=1S/C40H50ClN3O4/c1-26(25-48-36-11-17-42-35-8-3-5-27(2)37(35)36)19-30-21-29-10-9-28(23-44-18-12-33(44)24-45)20-34(29)39(30)13-15-40(16-14-39,38(46)47)43-32-7-4-6-31(41)22-32/h4,6-7,9-11,17,20,22,26-27,30,33,43,45H,3,5,8,12-16,18-19,21,23-25H2,1-2H3,(H,46,47)/t26-,27-,30+,33+,39?,40?/m1/s1. The molecular weight excluding hydrogens is 622 g/mol. The number of halogens is 1. The van der Waals surface area contributed by atoms with Gasteiger partial charge in [0.1, 0.15) is 11.3 Å². The lowest BCUT2D eigenvalue weighted by Gasteiger charge is -2.47. The second-order valence-corrected chi connectivity index (χ2v) is 15.7. The molecule has 0 bridgehead atoms. The number of nitrogens with one attached hydrogen (secondary N) is 1. The number of carboxylic acid groups (broad SMARTS) is 1. The number of benzene rings is 2. The fourth-order valence-electron chi connectivity index (χ4n) is 9.39. The van der Waals surface area contributed by atoms with Crippen molar-refractivity contribution in [2.45, 2.75) is 108 Å². The maximum atomic E-state index is 13.0. The van der Waals surface area contributed by atoms with Crippen LogP contribution in [0.2, 0.25) is 5.02 Å². The maximum absolute atomic E-state index is 13.0. The lowest BCUT2D eigenvalue weighted by atomic mass is 9.59. The summed E-state index contributed by atoms with van der Waals surface area (Å²) in [6, 6.07) is 16.7. The highest BCUT2D eigenvalue weighted by molar-refractivity contribution is 6.30. The molecule has 1 saturated carbocycles. The van der Waals surface area contributed by atoms with Gasteiger partial charge in [-0.25, -0.2) is 4.79 Å². The van der Waals surface area contributed by atoms with E-state index in [1.165, 1.54) is 40.8 Å². The Labute approximate surface area is 290 Å². The number of rotatable bonds is 11. The van der Waals surface area contributed by atoms with Crippen molar-refractivity contribution in [3.05, 3.63) is 87.7 Å². The number of nitrogens with zero attached hydrogens (tertiary/aromatic N) is 2. The van der Waals surface area contributed by atoms with Gasteiger partial charge in [-0.05, 0) is 128 Å². The molecule has 2 heterocycles. The molecule has 3 N–H and O–H groups in total. The molecule has 48 heavy (non-hydrogen) atoms. The van der Waals surface area contributed by atoms with Crippen LogP contribution in [-0.2, 0) is 29.6 Å². The first kappa shape index (κ1) is 33.4. The quantitative estimate of drug-likeness (QED) is 0.192. The summed E-state index contributed by atoms with van der Waals surface area (Å²) in [5, 5.41) is 24.4. The summed E-state index contributed by atoms with van der Waals surface area (Å²) >= 11 is 6.28. The van der Waals surface area contributed by atoms with E-state index in [1.807, 2.05) is 36.5 Å². The van der Waals surface area contributed by atoms with Crippen molar-refractivity contribution in [2.75, 3.05) is 25.1 Å². The highest BCUT2D eigenvalue weighted by atomic mass is 35.5. The highest BCUT2D eigenvalue weighted by Gasteiger charge is 2.54. The zero-order chi connectivity index (χ0) is 33.5. The Morgan fingerprint density at radius 2 is 1.98 bits per heavy atom. The van der Waals surface area contributed by atoms with Crippen LogP contribution in [0.4, 0.5) is 5.69 Å². The molecule has 1 spiro atoms. The molecule has 7 rings (SSSR count). The Balaban J connectivity index is 1.13. The molecule has 8 heteroatoms. The Morgan fingerprint density at radius 3 is 2.71 bits per heavy atom. The minimum Gasteiger partial charge on any atom is -0.493 e. The molecule has 3 aromatic rings. The van der Waals surface area contributed by atoms with Crippen molar-refractivity contribution < 1.29 is 19.7 Å².